The van der Waals surface area contributed by atoms with E-state index in [1.165, 1.54) is 13.2 Å². The summed E-state index contributed by atoms with van der Waals surface area (Å²) in [5.74, 6) is -0.0422. The number of esters is 1. The fourth-order valence-corrected chi connectivity index (χ4v) is 3.26. The third kappa shape index (κ3) is 4.06. The minimum absolute atomic E-state index is 0.253. The number of rotatable bonds is 4. The maximum Gasteiger partial charge on any atom is 0.343 e. The van der Waals surface area contributed by atoms with Crippen molar-refractivity contribution in [1.82, 2.24) is 9.55 Å². The van der Waals surface area contributed by atoms with Crippen LogP contribution in [0.5, 0.6) is 5.75 Å². The number of methoxy groups -OCH3 is 1. The fraction of sp³-hybridized carbons (Fsp3) is 0.300. The van der Waals surface area contributed by atoms with Crippen LogP contribution in [0.1, 0.15) is 31.1 Å². The maximum absolute atomic E-state index is 14.4. The van der Waals surface area contributed by atoms with Crippen molar-refractivity contribution in [3.8, 4) is 5.75 Å². The molecule has 0 spiro atoms. The molecule has 0 radical (unpaired) electrons. The van der Waals surface area contributed by atoms with Gasteiger partial charge in [0.25, 0.3) is 0 Å². The molecule has 28 heavy (non-hydrogen) atoms. The van der Waals surface area contributed by atoms with Crippen LogP contribution in [0.15, 0.2) is 30.5 Å². The molecular weight excluding hydrogens is 476 g/mol. The molecule has 0 aliphatic carbocycles. The van der Waals surface area contributed by atoms with Crippen molar-refractivity contribution in [2.24, 2.45) is 7.05 Å². The second-order valence-corrected chi connectivity index (χ2v) is 8.53. The summed E-state index contributed by atoms with van der Waals surface area (Å²) in [5.41, 5.74) is 0.395. The van der Waals surface area contributed by atoms with E-state index in [0.717, 1.165) is 3.57 Å². The summed E-state index contributed by atoms with van der Waals surface area (Å²) in [5, 5.41) is 3.59. The number of carbonyl (C=O) groups is 1. The number of carbonyl (C=O) groups excluding carboxylic acids is 1. The first-order chi connectivity index (χ1) is 13.1. The van der Waals surface area contributed by atoms with Crippen LogP contribution in [0.3, 0.4) is 0 Å². The predicted octanol–water partition coefficient (Wildman–Crippen LogP) is 5.02. The quantitative estimate of drug-likeness (QED) is 0.405. The SMILES string of the molecule is COc1cnc2c(c1)c(C(=O)OC(C)(C)C)c(Nc1ccc(I)cc1F)n2C. The van der Waals surface area contributed by atoms with Gasteiger partial charge < -0.3 is 19.4 Å². The number of ether oxygens (including phenoxy) is 2. The molecule has 1 N–H and O–H groups in total. The first-order valence-corrected chi connectivity index (χ1v) is 9.66. The van der Waals surface area contributed by atoms with Crippen molar-refractivity contribution in [2.45, 2.75) is 26.4 Å². The van der Waals surface area contributed by atoms with E-state index < -0.39 is 17.4 Å². The first-order valence-electron chi connectivity index (χ1n) is 8.58. The van der Waals surface area contributed by atoms with Gasteiger partial charge in [0, 0.05) is 16.0 Å². The molecule has 0 amide bonds. The lowest BCUT2D eigenvalue weighted by molar-refractivity contribution is 0.00729. The lowest BCUT2D eigenvalue weighted by Crippen LogP contribution is -2.24. The molecule has 1 aromatic carbocycles. The standard InChI is InChI=1S/C20H21FIN3O3/c1-20(2,3)28-19(26)16-13-9-12(27-5)10-23-17(13)25(4)18(16)24-15-7-6-11(22)8-14(15)21/h6-10,24H,1-5H3. The Morgan fingerprint density at radius 2 is 2.00 bits per heavy atom. The van der Waals surface area contributed by atoms with Gasteiger partial charge in [-0.25, -0.2) is 14.2 Å². The lowest BCUT2D eigenvalue weighted by atomic mass is 10.1. The third-order valence-corrected chi connectivity index (χ3v) is 4.69. The monoisotopic (exact) mass is 497 g/mol. The number of anilines is 2. The minimum Gasteiger partial charge on any atom is -0.495 e. The highest BCUT2D eigenvalue weighted by Gasteiger charge is 2.27. The summed E-state index contributed by atoms with van der Waals surface area (Å²) in [6.07, 6.45) is 1.57. The van der Waals surface area contributed by atoms with Crippen molar-refractivity contribution >= 4 is 51.1 Å². The van der Waals surface area contributed by atoms with Gasteiger partial charge in [0.2, 0.25) is 0 Å². The van der Waals surface area contributed by atoms with Crippen LogP contribution in [-0.2, 0) is 11.8 Å². The van der Waals surface area contributed by atoms with Crippen LogP contribution in [0.25, 0.3) is 11.0 Å². The zero-order chi connectivity index (χ0) is 20.6. The van der Waals surface area contributed by atoms with E-state index in [0.29, 0.717) is 22.6 Å². The topological polar surface area (TPSA) is 65.4 Å². The van der Waals surface area contributed by atoms with Gasteiger partial charge in [-0.05, 0) is 67.6 Å². The molecule has 0 saturated heterocycles. The van der Waals surface area contributed by atoms with Crippen LogP contribution in [0.2, 0.25) is 0 Å². The van der Waals surface area contributed by atoms with E-state index in [9.17, 15) is 9.18 Å². The van der Waals surface area contributed by atoms with Crippen LogP contribution in [-0.4, -0.2) is 28.2 Å². The van der Waals surface area contributed by atoms with Gasteiger partial charge in [-0.3, -0.25) is 0 Å². The molecule has 0 saturated carbocycles. The molecule has 0 unspecified atom stereocenters. The van der Waals surface area contributed by atoms with Crippen LogP contribution in [0.4, 0.5) is 15.9 Å². The molecule has 0 aliphatic rings. The smallest absolute Gasteiger partial charge is 0.343 e. The zero-order valence-corrected chi connectivity index (χ0v) is 18.4. The minimum atomic E-state index is -0.684. The number of nitrogens with one attached hydrogen (secondary N) is 1. The van der Waals surface area contributed by atoms with E-state index in [4.69, 9.17) is 9.47 Å². The van der Waals surface area contributed by atoms with Gasteiger partial charge in [0.15, 0.2) is 0 Å². The summed E-state index contributed by atoms with van der Waals surface area (Å²) in [6.45, 7) is 5.38. The lowest BCUT2D eigenvalue weighted by Gasteiger charge is -2.20. The molecule has 0 aliphatic heterocycles. The van der Waals surface area contributed by atoms with E-state index in [2.05, 4.69) is 10.3 Å². The first kappa shape index (κ1) is 20.4. The average Bonchev–Trinajstić information content (AvgIpc) is 2.87. The summed E-state index contributed by atoms with van der Waals surface area (Å²) in [6, 6.07) is 6.54. The molecule has 0 bridgehead atoms. The molecule has 148 valence electrons. The molecule has 2 aromatic heterocycles. The second kappa shape index (κ2) is 7.57. The normalized spacial score (nSPS) is 11.5. The number of pyridine rings is 1. The summed E-state index contributed by atoms with van der Waals surface area (Å²) >= 11 is 2.04. The molecule has 6 nitrogen and oxygen atoms in total. The molecule has 2 heterocycles. The highest BCUT2D eigenvalue weighted by atomic mass is 127. The molecular formula is C20H21FIN3O3. The summed E-state index contributed by atoms with van der Waals surface area (Å²) in [4.78, 5) is 17.4. The molecule has 8 heteroatoms. The van der Waals surface area contributed by atoms with E-state index in [-0.39, 0.29) is 11.3 Å². The Morgan fingerprint density at radius 3 is 2.61 bits per heavy atom. The number of aryl methyl sites for hydroxylation is 1. The Labute approximate surface area is 176 Å². The Bertz CT molecular complexity index is 1060. The zero-order valence-electron chi connectivity index (χ0n) is 16.3. The largest absolute Gasteiger partial charge is 0.495 e. The Balaban J connectivity index is 2.20. The molecule has 0 atom stereocenters. The highest BCUT2D eigenvalue weighted by Crippen LogP contribution is 2.34. The number of nitrogens with zero attached hydrogens (tertiary/aromatic N) is 2. The van der Waals surface area contributed by atoms with Crippen LogP contribution >= 0.6 is 22.6 Å². The number of aromatic nitrogens is 2. The summed E-state index contributed by atoms with van der Waals surface area (Å²) < 4.78 is 27.7. The van der Waals surface area contributed by atoms with Crippen molar-refractivity contribution in [3.05, 3.63) is 45.4 Å². The maximum atomic E-state index is 14.4. The van der Waals surface area contributed by atoms with E-state index >= 15 is 0 Å². The number of hydrogen-bond donors (Lipinski definition) is 1. The van der Waals surface area contributed by atoms with Gasteiger partial charge >= 0.3 is 5.97 Å². The number of fused-ring (bicyclic) bond motifs is 1. The van der Waals surface area contributed by atoms with E-state index in [1.807, 2.05) is 22.6 Å². The second-order valence-electron chi connectivity index (χ2n) is 7.28. The van der Waals surface area contributed by atoms with Crippen LogP contribution in [0, 0.1) is 9.39 Å². The Kier molecular flexibility index (Phi) is 5.51. The van der Waals surface area contributed by atoms with Gasteiger partial charge in [0.1, 0.15) is 34.2 Å². The molecule has 0 fully saturated rings. The number of benzene rings is 1. The Hall–Kier alpha value is -2.36. The van der Waals surface area contributed by atoms with E-state index in [1.54, 1.807) is 56.8 Å². The number of halogens is 2. The number of hydrogen-bond acceptors (Lipinski definition) is 5. The van der Waals surface area contributed by atoms with Gasteiger partial charge in [0.05, 0.1) is 19.0 Å². The highest BCUT2D eigenvalue weighted by molar-refractivity contribution is 14.1. The van der Waals surface area contributed by atoms with Crippen molar-refractivity contribution in [2.75, 3.05) is 12.4 Å². The molecule has 3 aromatic rings. The van der Waals surface area contributed by atoms with Gasteiger partial charge in [-0.1, -0.05) is 0 Å². The van der Waals surface area contributed by atoms with Crippen molar-refractivity contribution in [1.29, 1.82) is 0 Å². The average molecular weight is 497 g/mol. The fourth-order valence-electron chi connectivity index (χ4n) is 2.80. The molecule has 3 rings (SSSR count). The Morgan fingerprint density at radius 1 is 1.29 bits per heavy atom. The van der Waals surface area contributed by atoms with Crippen LogP contribution < -0.4 is 10.1 Å². The predicted molar refractivity (Wildman–Crippen MR) is 115 cm³/mol. The van der Waals surface area contributed by atoms with Gasteiger partial charge in [-0.2, -0.15) is 0 Å². The third-order valence-electron chi connectivity index (χ3n) is 4.02. The summed E-state index contributed by atoms with van der Waals surface area (Å²) in [7, 11) is 3.28. The van der Waals surface area contributed by atoms with Crippen molar-refractivity contribution < 1.29 is 18.7 Å². The van der Waals surface area contributed by atoms with Crippen molar-refractivity contribution in [3.63, 3.8) is 0 Å². The van der Waals surface area contributed by atoms with Gasteiger partial charge in [-0.15, -0.1) is 0 Å².